The molecule has 0 spiro atoms. The van der Waals surface area contributed by atoms with E-state index in [1.807, 2.05) is 38.1 Å². The van der Waals surface area contributed by atoms with Gasteiger partial charge in [-0.05, 0) is 91.6 Å². The number of aliphatic carboxylic acids is 1. The Morgan fingerprint density at radius 2 is 1.84 bits per heavy atom. The van der Waals surface area contributed by atoms with Gasteiger partial charge in [0.15, 0.2) is 0 Å². The molecule has 6 rings (SSSR count). The molecule has 1 N–H and O–H groups in total. The van der Waals surface area contributed by atoms with Crippen LogP contribution in [0.3, 0.4) is 0 Å². The highest BCUT2D eigenvalue weighted by Gasteiger charge is 2.33. The lowest BCUT2D eigenvalue weighted by atomic mass is 9.90. The van der Waals surface area contributed by atoms with E-state index in [-0.39, 0.29) is 24.3 Å². The Morgan fingerprint density at radius 1 is 1.07 bits per heavy atom. The van der Waals surface area contributed by atoms with Gasteiger partial charge in [0.25, 0.3) is 0 Å². The van der Waals surface area contributed by atoms with Crippen molar-refractivity contribution in [3.8, 4) is 28.4 Å². The van der Waals surface area contributed by atoms with Crippen molar-refractivity contribution in [2.24, 2.45) is 0 Å². The number of fused-ring (bicyclic) bond motifs is 2. The van der Waals surface area contributed by atoms with Crippen molar-refractivity contribution < 1.29 is 36.9 Å². The number of benzene rings is 3. The van der Waals surface area contributed by atoms with Gasteiger partial charge in [-0.1, -0.05) is 12.1 Å². The van der Waals surface area contributed by atoms with Gasteiger partial charge >= 0.3 is 5.97 Å². The van der Waals surface area contributed by atoms with Gasteiger partial charge in [-0.3, -0.25) is 4.79 Å². The molecule has 0 aromatic heterocycles. The lowest BCUT2D eigenvalue weighted by Crippen LogP contribution is -2.43. The first-order valence-corrected chi connectivity index (χ1v) is 16.5. The van der Waals surface area contributed by atoms with E-state index >= 15 is 4.39 Å². The third kappa shape index (κ3) is 5.95. The molecule has 0 bridgehead atoms. The fourth-order valence-electron chi connectivity index (χ4n) is 6.81. The Morgan fingerprint density at radius 3 is 2.56 bits per heavy atom. The minimum absolute atomic E-state index is 0.00546. The fourth-order valence-corrected chi connectivity index (χ4v) is 7.71. The van der Waals surface area contributed by atoms with E-state index in [4.69, 9.17) is 14.2 Å². The van der Waals surface area contributed by atoms with Crippen LogP contribution in [-0.2, 0) is 21.2 Å². The molecule has 3 aromatic carbocycles. The van der Waals surface area contributed by atoms with Crippen LogP contribution in [0.4, 0.5) is 4.39 Å². The topological polar surface area (TPSA) is 102 Å². The van der Waals surface area contributed by atoms with Crippen LogP contribution in [0.15, 0.2) is 42.5 Å². The Bertz CT molecular complexity index is 1670. The summed E-state index contributed by atoms with van der Waals surface area (Å²) < 4.78 is 59.2. The van der Waals surface area contributed by atoms with Crippen molar-refractivity contribution in [2.45, 2.75) is 64.1 Å². The normalized spacial score (nSPS) is 21.6. The predicted molar refractivity (Wildman–Crippen MR) is 160 cm³/mol. The second-order valence-corrected chi connectivity index (χ2v) is 13.9. The monoisotopic (exact) mass is 609 g/mol. The maximum atomic E-state index is 15.3. The van der Waals surface area contributed by atoms with Crippen LogP contribution in [0.2, 0.25) is 0 Å². The van der Waals surface area contributed by atoms with E-state index in [2.05, 4.69) is 0 Å². The zero-order valence-corrected chi connectivity index (χ0v) is 25.4. The highest BCUT2D eigenvalue weighted by Crippen LogP contribution is 2.45. The van der Waals surface area contributed by atoms with Crippen molar-refractivity contribution in [1.29, 1.82) is 0 Å². The molecule has 10 heteroatoms. The second kappa shape index (κ2) is 11.5. The summed E-state index contributed by atoms with van der Waals surface area (Å²) in [5.41, 5.74) is 6.33. The van der Waals surface area contributed by atoms with Crippen molar-refractivity contribution >= 4 is 16.0 Å². The van der Waals surface area contributed by atoms with E-state index in [1.165, 1.54) is 16.6 Å². The Labute approximate surface area is 251 Å². The molecule has 1 aliphatic carbocycles. The van der Waals surface area contributed by atoms with Crippen LogP contribution in [0.25, 0.3) is 11.1 Å². The zero-order valence-electron chi connectivity index (χ0n) is 24.6. The summed E-state index contributed by atoms with van der Waals surface area (Å²) in [6.07, 6.45) is 3.39. The SMILES string of the molecule is Cc1cc(O[C@@H]2CCCN(S(C)(=O)=O)C2)cc(C)c1-c1ccc(F)c2c1CCC2Oc1ccc2c(c1)OCC2CC(=O)O. The standard InChI is InChI=1S/C33H36FNO7S/c1-19-13-24(41-23-5-4-12-35(17-23)43(3,38)39)14-20(2)32(19)26-8-10-28(34)33-27(26)9-11-29(33)42-22-6-7-25-21(15-31(36)37)18-40-30(25)16-22/h6-8,10,13-14,16,21,23,29H,4-5,9,11-12,15,17-18H2,1-3H3,(H,36,37)/t21?,23-,29?/m1/s1. The van der Waals surface area contributed by atoms with Crippen LogP contribution in [0.1, 0.15) is 65.5 Å². The first-order valence-electron chi connectivity index (χ1n) is 14.7. The average Bonchev–Trinajstić information content (AvgIpc) is 3.53. The predicted octanol–water partition coefficient (Wildman–Crippen LogP) is 5.93. The summed E-state index contributed by atoms with van der Waals surface area (Å²) >= 11 is 0. The van der Waals surface area contributed by atoms with Crippen LogP contribution in [0.5, 0.6) is 17.2 Å². The Hall–Kier alpha value is -3.63. The zero-order chi connectivity index (χ0) is 30.5. The number of hydrogen-bond donors (Lipinski definition) is 1. The Balaban J connectivity index is 1.23. The summed E-state index contributed by atoms with van der Waals surface area (Å²) in [5.74, 6) is 0.507. The molecule has 8 nitrogen and oxygen atoms in total. The van der Waals surface area contributed by atoms with Crippen molar-refractivity contribution in [1.82, 2.24) is 4.31 Å². The van der Waals surface area contributed by atoms with Crippen LogP contribution in [-0.4, -0.2) is 55.9 Å². The maximum Gasteiger partial charge on any atom is 0.304 e. The number of halogens is 1. The molecule has 2 unspecified atom stereocenters. The smallest absolute Gasteiger partial charge is 0.304 e. The number of nitrogens with zero attached hydrogens (tertiary/aromatic N) is 1. The molecule has 3 atom stereocenters. The van der Waals surface area contributed by atoms with Gasteiger partial charge in [-0.15, -0.1) is 0 Å². The van der Waals surface area contributed by atoms with E-state index < -0.39 is 22.1 Å². The van der Waals surface area contributed by atoms with Crippen LogP contribution in [0, 0.1) is 19.7 Å². The number of hydrogen-bond acceptors (Lipinski definition) is 6. The first kappa shape index (κ1) is 29.4. The summed E-state index contributed by atoms with van der Waals surface area (Å²) in [6, 6.07) is 12.7. The molecule has 1 fully saturated rings. The van der Waals surface area contributed by atoms with Crippen molar-refractivity contribution in [3.63, 3.8) is 0 Å². The molecule has 0 amide bonds. The van der Waals surface area contributed by atoms with Crippen LogP contribution >= 0.6 is 0 Å². The largest absolute Gasteiger partial charge is 0.492 e. The van der Waals surface area contributed by atoms with Gasteiger partial charge < -0.3 is 19.3 Å². The van der Waals surface area contributed by atoms with Crippen molar-refractivity contribution in [2.75, 3.05) is 26.0 Å². The molecule has 2 aliphatic heterocycles. The van der Waals surface area contributed by atoms with Gasteiger partial charge in [0, 0.05) is 29.7 Å². The Kier molecular flexibility index (Phi) is 7.85. The van der Waals surface area contributed by atoms with Crippen LogP contribution < -0.4 is 14.2 Å². The highest BCUT2D eigenvalue weighted by atomic mass is 32.2. The summed E-state index contributed by atoms with van der Waals surface area (Å²) in [7, 11) is -3.27. The molecule has 228 valence electrons. The molecule has 0 saturated carbocycles. The number of carboxylic acid groups (broad SMARTS) is 1. The van der Waals surface area contributed by atoms with E-state index in [9.17, 15) is 18.3 Å². The number of carboxylic acids is 1. The van der Waals surface area contributed by atoms with Gasteiger partial charge in [0.1, 0.15) is 35.3 Å². The molecule has 3 aliphatic rings. The first-order chi connectivity index (χ1) is 20.5. The summed E-state index contributed by atoms with van der Waals surface area (Å²) in [4.78, 5) is 11.2. The molecule has 1 saturated heterocycles. The molecule has 43 heavy (non-hydrogen) atoms. The number of aryl methyl sites for hydroxylation is 2. The third-order valence-corrected chi connectivity index (χ3v) is 10.0. The molecule has 0 radical (unpaired) electrons. The van der Waals surface area contributed by atoms with E-state index in [0.717, 1.165) is 46.2 Å². The summed E-state index contributed by atoms with van der Waals surface area (Å²) in [6.45, 7) is 5.20. The van der Waals surface area contributed by atoms with Gasteiger partial charge in [0.05, 0.1) is 25.8 Å². The van der Waals surface area contributed by atoms with E-state index in [1.54, 1.807) is 12.1 Å². The van der Waals surface area contributed by atoms with Crippen molar-refractivity contribution in [3.05, 3.63) is 76.1 Å². The van der Waals surface area contributed by atoms with E-state index in [0.29, 0.717) is 55.4 Å². The lowest BCUT2D eigenvalue weighted by molar-refractivity contribution is -0.137. The van der Waals surface area contributed by atoms with Gasteiger partial charge in [-0.25, -0.2) is 12.8 Å². The molecule has 2 heterocycles. The lowest BCUT2D eigenvalue weighted by Gasteiger charge is -2.31. The minimum atomic E-state index is -3.27. The third-order valence-electron chi connectivity index (χ3n) is 8.73. The molecular weight excluding hydrogens is 573 g/mol. The number of piperidine rings is 1. The maximum absolute atomic E-state index is 15.3. The minimum Gasteiger partial charge on any atom is -0.492 e. The number of rotatable bonds is 8. The average molecular weight is 610 g/mol. The quantitative estimate of drug-likeness (QED) is 0.338. The van der Waals surface area contributed by atoms with Gasteiger partial charge in [0.2, 0.25) is 10.0 Å². The van der Waals surface area contributed by atoms with Gasteiger partial charge in [-0.2, -0.15) is 4.31 Å². The number of carbonyl (C=O) groups is 1. The number of ether oxygens (including phenoxy) is 3. The fraction of sp³-hybridized carbons (Fsp3) is 0.424. The number of sulfonamides is 1. The highest BCUT2D eigenvalue weighted by molar-refractivity contribution is 7.88. The summed E-state index contributed by atoms with van der Waals surface area (Å²) in [5, 5.41) is 9.17. The second-order valence-electron chi connectivity index (χ2n) is 11.9. The molecular formula is C33H36FNO7S. The molecule has 3 aromatic rings.